The van der Waals surface area contributed by atoms with Crippen molar-refractivity contribution in [1.29, 1.82) is 0 Å². The Morgan fingerprint density at radius 3 is 2.43 bits per heavy atom. The van der Waals surface area contributed by atoms with Gasteiger partial charge < -0.3 is 9.64 Å². The van der Waals surface area contributed by atoms with E-state index < -0.39 is 15.5 Å². The zero-order valence-corrected chi connectivity index (χ0v) is 8.17. The molecule has 0 radical (unpaired) electrons. The van der Waals surface area contributed by atoms with Crippen LogP contribution in [0.1, 0.15) is 6.42 Å². The van der Waals surface area contributed by atoms with E-state index in [2.05, 4.69) is 0 Å². The average molecular weight is 223 g/mol. The number of hydrogen-bond acceptors (Lipinski definition) is 4. The van der Waals surface area contributed by atoms with Crippen molar-refractivity contribution in [2.75, 3.05) is 19.8 Å². The summed E-state index contributed by atoms with van der Waals surface area (Å²) in [6, 6.07) is -0.0609. The third kappa shape index (κ3) is 1.61. The number of rotatable bonds is 2. The lowest BCUT2D eigenvalue weighted by atomic mass is 10.2. The van der Waals surface area contributed by atoms with Gasteiger partial charge in [-0.05, 0) is 0 Å². The SMILES string of the molecule is O=C1CC(S(=O)(=O)F)CN1C1COC1. The van der Waals surface area contributed by atoms with E-state index in [1.165, 1.54) is 4.90 Å². The quantitative estimate of drug-likeness (QED) is 0.580. The molecule has 2 rings (SSSR count). The van der Waals surface area contributed by atoms with E-state index in [4.69, 9.17) is 4.74 Å². The van der Waals surface area contributed by atoms with Crippen molar-refractivity contribution in [1.82, 2.24) is 4.90 Å². The Kier molecular flexibility index (Phi) is 2.23. The summed E-state index contributed by atoms with van der Waals surface area (Å²) in [4.78, 5) is 12.7. The van der Waals surface area contributed by atoms with E-state index in [0.717, 1.165) is 0 Å². The van der Waals surface area contributed by atoms with Gasteiger partial charge in [0.05, 0.1) is 19.3 Å². The maximum atomic E-state index is 12.6. The molecular formula is C7H10FNO4S. The van der Waals surface area contributed by atoms with Gasteiger partial charge in [0, 0.05) is 13.0 Å². The summed E-state index contributed by atoms with van der Waals surface area (Å²) in [6.45, 7) is 0.807. The largest absolute Gasteiger partial charge is 0.377 e. The molecule has 1 unspecified atom stereocenters. The van der Waals surface area contributed by atoms with Crippen molar-refractivity contribution in [3.8, 4) is 0 Å². The van der Waals surface area contributed by atoms with Gasteiger partial charge in [0.2, 0.25) is 5.91 Å². The molecule has 0 spiro atoms. The number of halogens is 1. The minimum atomic E-state index is -4.59. The molecule has 2 aliphatic heterocycles. The second kappa shape index (κ2) is 3.16. The first kappa shape index (κ1) is 9.85. The summed E-state index contributed by atoms with van der Waals surface area (Å²) in [5.74, 6) is -0.301. The summed E-state index contributed by atoms with van der Waals surface area (Å²) in [7, 11) is -4.59. The summed E-state index contributed by atoms with van der Waals surface area (Å²) in [6.07, 6.45) is -0.241. The molecule has 0 aromatic heterocycles. The number of amides is 1. The zero-order valence-electron chi connectivity index (χ0n) is 7.35. The summed E-state index contributed by atoms with van der Waals surface area (Å²) in [5.41, 5.74) is 0. The Bertz CT molecular complexity index is 351. The van der Waals surface area contributed by atoms with Crippen LogP contribution in [0.5, 0.6) is 0 Å². The van der Waals surface area contributed by atoms with Gasteiger partial charge in [-0.2, -0.15) is 8.42 Å². The minimum Gasteiger partial charge on any atom is -0.377 e. The first-order chi connectivity index (χ1) is 6.48. The maximum Gasteiger partial charge on any atom is 0.307 e. The summed E-state index contributed by atoms with van der Waals surface area (Å²) in [5, 5.41) is -1.18. The van der Waals surface area contributed by atoms with Gasteiger partial charge in [-0.15, -0.1) is 3.89 Å². The predicted octanol–water partition coefficient (Wildman–Crippen LogP) is -0.715. The van der Waals surface area contributed by atoms with Crippen molar-refractivity contribution in [2.45, 2.75) is 17.7 Å². The molecule has 80 valence electrons. The molecule has 2 fully saturated rings. The van der Waals surface area contributed by atoms with Gasteiger partial charge >= 0.3 is 10.2 Å². The number of carbonyl (C=O) groups is 1. The number of nitrogens with zero attached hydrogens (tertiary/aromatic N) is 1. The first-order valence-corrected chi connectivity index (χ1v) is 5.74. The van der Waals surface area contributed by atoms with Gasteiger partial charge in [-0.25, -0.2) is 0 Å². The van der Waals surface area contributed by atoms with Crippen LogP contribution in [0.3, 0.4) is 0 Å². The van der Waals surface area contributed by atoms with Crippen LogP contribution in [0.15, 0.2) is 0 Å². The fraction of sp³-hybridized carbons (Fsp3) is 0.857. The molecule has 0 aromatic carbocycles. The lowest BCUT2D eigenvalue weighted by molar-refractivity contribution is -0.139. The predicted molar refractivity (Wildman–Crippen MR) is 44.8 cm³/mol. The molecule has 2 heterocycles. The highest BCUT2D eigenvalue weighted by Crippen LogP contribution is 2.24. The van der Waals surface area contributed by atoms with E-state index in [9.17, 15) is 17.1 Å². The lowest BCUT2D eigenvalue weighted by Gasteiger charge is -2.34. The molecule has 5 nitrogen and oxygen atoms in total. The average Bonchev–Trinajstić information content (AvgIpc) is 2.28. The highest BCUT2D eigenvalue weighted by molar-refractivity contribution is 7.87. The van der Waals surface area contributed by atoms with Crippen LogP contribution in [0, 0.1) is 0 Å². The highest BCUT2D eigenvalue weighted by Gasteiger charge is 2.42. The first-order valence-electron chi connectivity index (χ1n) is 4.29. The fourth-order valence-electron chi connectivity index (χ4n) is 1.64. The minimum absolute atomic E-state index is 0.0360. The fourth-order valence-corrected chi connectivity index (χ4v) is 2.32. The van der Waals surface area contributed by atoms with Gasteiger partial charge in [0.15, 0.2) is 0 Å². The normalized spacial score (nSPS) is 29.4. The second-order valence-corrected chi connectivity index (χ2v) is 5.16. The van der Waals surface area contributed by atoms with E-state index >= 15 is 0 Å². The number of hydrogen-bond donors (Lipinski definition) is 0. The Labute approximate surface area is 81.0 Å². The van der Waals surface area contributed by atoms with Crippen molar-refractivity contribution in [3.63, 3.8) is 0 Å². The van der Waals surface area contributed by atoms with E-state index in [0.29, 0.717) is 13.2 Å². The van der Waals surface area contributed by atoms with Gasteiger partial charge in [0.25, 0.3) is 0 Å². The molecule has 0 saturated carbocycles. The Morgan fingerprint density at radius 1 is 1.43 bits per heavy atom. The highest BCUT2D eigenvalue weighted by atomic mass is 32.3. The molecule has 0 aliphatic carbocycles. The second-order valence-electron chi connectivity index (χ2n) is 3.54. The molecule has 0 bridgehead atoms. The van der Waals surface area contributed by atoms with Crippen LogP contribution >= 0.6 is 0 Å². The molecule has 0 aromatic rings. The summed E-state index contributed by atoms with van der Waals surface area (Å²) >= 11 is 0. The monoisotopic (exact) mass is 223 g/mol. The topological polar surface area (TPSA) is 63.7 Å². The Morgan fingerprint density at radius 2 is 2.07 bits per heavy atom. The molecule has 14 heavy (non-hydrogen) atoms. The van der Waals surface area contributed by atoms with Crippen LogP contribution in [0.25, 0.3) is 0 Å². The van der Waals surface area contributed by atoms with E-state index in [1.807, 2.05) is 0 Å². The van der Waals surface area contributed by atoms with Crippen molar-refractivity contribution >= 4 is 16.1 Å². The van der Waals surface area contributed by atoms with Crippen molar-refractivity contribution in [3.05, 3.63) is 0 Å². The number of ether oxygens (including phenoxy) is 1. The van der Waals surface area contributed by atoms with Crippen LogP contribution in [-0.4, -0.2) is 50.3 Å². The van der Waals surface area contributed by atoms with Gasteiger partial charge in [0.1, 0.15) is 5.25 Å². The standard InChI is InChI=1S/C7H10FNO4S/c8-14(11,12)6-1-7(10)9(2-6)5-3-13-4-5/h5-6H,1-4H2. The molecule has 7 heteroatoms. The molecule has 2 saturated heterocycles. The zero-order chi connectivity index (χ0) is 10.3. The third-order valence-corrected chi connectivity index (χ3v) is 3.69. The smallest absolute Gasteiger partial charge is 0.307 e. The van der Waals surface area contributed by atoms with Crippen LogP contribution < -0.4 is 0 Å². The number of carbonyl (C=O) groups excluding carboxylic acids is 1. The van der Waals surface area contributed by atoms with Gasteiger partial charge in [-0.1, -0.05) is 0 Å². The van der Waals surface area contributed by atoms with Crippen LogP contribution in [-0.2, 0) is 19.8 Å². The molecule has 2 aliphatic rings. The van der Waals surface area contributed by atoms with Crippen LogP contribution in [0.4, 0.5) is 3.89 Å². The molecular weight excluding hydrogens is 213 g/mol. The Hall–Kier alpha value is -0.690. The maximum absolute atomic E-state index is 12.6. The lowest BCUT2D eigenvalue weighted by Crippen LogP contribution is -2.50. The van der Waals surface area contributed by atoms with Crippen molar-refractivity contribution < 1.29 is 21.8 Å². The number of likely N-dealkylation sites (tertiary alicyclic amines) is 1. The van der Waals surface area contributed by atoms with Crippen molar-refractivity contribution in [2.24, 2.45) is 0 Å². The molecule has 1 amide bonds. The molecule has 0 N–H and O–H groups in total. The van der Waals surface area contributed by atoms with Crippen LogP contribution in [0.2, 0.25) is 0 Å². The summed E-state index contributed by atoms with van der Waals surface area (Å²) < 4.78 is 38.6. The van der Waals surface area contributed by atoms with E-state index in [-0.39, 0.29) is 24.9 Å². The van der Waals surface area contributed by atoms with E-state index in [1.54, 1.807) is 0 Å². The van der Waals surface area contributed by atoms with Gasteiger partial charge in [-0.3, -0.25) is 4.79 Å². The third-order valence-electron chi connectivity index (χ3n) is 2.58. The Balaban J connectivity index is 2.07. The molecule has 1 atom stereocenters.